The summed E-state index contributed by atoms with van der Waals surface area (Å²) >= 11 is 0. The van der Waals surface area contributed by atoms with E-state index in [4.69, 9.17) is 4.42 Å². The van der Waals surface area contributed by atoms with Gasteiger partial charge in [-0.05, 0) is 43.3 Å². The average Bonchev–Trinajstić information content (AvgIpc) is 3.01. The van der Waals surface area contributed by atoms with Crippen LogP contribution in [0.4, 0.5) is 4.39 Å². The normalized spacial score (nSPS) is 12.8. The van der Waals surface area contributed by atoms with Crippen LogP contribution < -0.4 is 5.32 Å². The summed E-state index contributed by atoms with van der Waals surface area (Å²) in [6.45, 7) is 1.83. The number of benzene rings is 1. The molecule has 1 N–H and O–H groups in total. The molecule has 2 aromatic rings. The number of rotatable bonds is 7. The van der Waals surface area contributed by atoms with Gasteiger partial charge in [-0.25, -0.2) is 12.8 Å². The highest BCUT2D eigenvalue weighted by atomic mass is 32.2. The lowest BCUT2D eigenvalue weighted by Crippen LogP contribution is -2.31. The molecule has 0 spiro atoms. The van der Waals surface area contributed by atoms with Gasteiger partial charge in [-0.2, -0.15) is 0 Å². The van der Waals surface area contributed by atoms with E-state index in [2.05, 4.69) is 5.32 Å². The topological polar surface area (TPSA) is 76.4 Å². The maximum Gasteiger partial charge on any atom is 0.221 e. The number of amides is 1. The lowest BCUT2D eigenvalue weighted by atomic mass is 10.3. The Balaban J connectivity index is 1.88. The molecule has 0 aliphatic rings. The highest BCUT2D eigenvalue weighted by Gasteiger charge is 2.25. The van der Waals surface area contributed by atoms with Crippen LogP contribution in [-0.4, -0.2) is 26.1 Å². The van der Waals surface area contributed by atoms with Gasteiger partial charge in [-0.1, -0.05) is 0 Å². The van der Waals surface area contributed by atoms with Crippen LogP contribution >= 0.6 is 0 Å². The Morgan fingerprint density at radius 2 is 1.96 bits per heavy atom. The molecule has 124 valence electrons. The molecule has 1 atom stereocenters. The largest absolute Gasteiger partial charge is 0.469 e. The summed E-state index contributed by atoms with van der Waals surface area (Å²) in [7, 11) is -3.67. The summed E-state index contributed by atoms with van der Waals surface area (Å²) in [5.41, 5.74) is 0. The van der Waals surface area contributed by atoms with Crippen molar-refractivity contribution in [3.8, 4) is 0 Å². The van der Waals surface area contributed by atoms with Gasteiger partial charge in [-0.15, -0.1) is 0 Å². The van der Waals surface area contributed by atoms with E-state index in [0.29, 0.717) is 13.0 Å². The molecule has 0 bridgehead atoms. The minimum atomic E-state index is -3.67. The molecular weight excluding hydrogens is 321 g/mol. The second kappa shape index (κ2) is 7.41. The molecule has 23 heavy (non-hydrogen) atoms. The minimum absolute atomic E-state index is 0.00906. The molecule has 2 rings (SSSR count). The van der Waals surface area contributed by atoms with Crippen LogP contribution in [0.1, 0.15) is 19.1 Å². The molecule has 1 heterocycles. The molecule has 1 amide bonds. The smallest absolute Gasteiger partial charge is 0.221 e. The SMILES string of the molecule is C[C@@H](CC(=O)NCCc1ccco1)S(=O)(=O)c1ccc(F)cc1. The van der Waals surface area contributed by atoms with E-state index in [1.807, 2.05) is 0 Å². The van der Waals surface area contributed by atoms with Crippen LogP contribution in [0.25, 0.3) is 0 Å². The Bertz CT molecular complexity index is 739. The van der Waals surface area contributed by atoms with Gasteiger partial charge in [0.15, 0.2) is 9.84 Å². The first-order chi connectivity index (χ1) is 10.9. The molecule has 0 fully saturated rings. The van der Waals surface area contributed by atoms with Crippen LogP contribution in [0.5, 0.6) is 0 Å². The van der Waals surface area contributed by atoms with E-state index in [1.165, 1.54) is 19.1 Å². The number of carbonyl (C=O) groups is 1. The summed E-state index contributed by atoms with van der Waals surface area (Å²) in [5.74, 6) is -0.112. The second-order valence-corrected chi connectivity index (χ2v) is 7.56. The Kier molecular flexibility index (Phi) is 5.54. The van der Waals surface area contributed by atoms with Gasteiger partial charge in [0.25, 0.3) is 0 Å². The monoisotopic (exact) mass is 339 g/mol. The van der Waals surface area contributed by atoms with E-state index < -0.39 is 20.9 Å². The summed E-state index contributed by atoms with van der Waals surface area (Å²) in [5, 5.41) is 1.77. The number of hydrogen-bond donors (Lipinski definition) is 1. The van der Waals surface area contributed by atoms with Gasteiger partial charge in [-0.3, -0.25) is 4.79 Å². The first-order valence-corrected chi connectivity index (χ1v) is 8.73. The van der Waals surface area contributed by atoms with E-state index in [1.54, 1.807) is 18.4 Å². The van der Waals surface area contributed by atoms with Crippen molar-refractivity contribution in [3.63, 3.8) is 0 Å². The number of carbonyl (C=O) groups excluding carboxylic acids is 1. The van der Waals surface area contributed by atoms with E-state index >= 15 is 0 Å². The molecular formula is C16H18FNO4S. The minimum Gasteiger partial charge on any atom is -0.469 e. The average molecular weight is 339 g/mol. The number of sulfone groups is 1. The summed E-state index contributed by atoms with van der Waals surface area (Å²) in [6.07, 6.45) is 1.93. The quantitative estimate of drug-likeness (QED) is 0.786. The van der Waals surface area contributed by atoms with Crippen molar-refractivity contribution in [1.29, 1.82) is 0 Å². The zero-order chi connectivity index (χ0) is 16.9. The number of halogens is 1. The molecule has 7 heteroatoms. The fraction of sp³-hybridized carbons (Fsp3) is 0.312. The molecule has 0 aliphatic heterocycles. The summed E-state index contributed by atoms with van der Waals surface area (Å²) < 4.78 is 42.7. The first kappa shape index (κ1) is 17.2. The highest BCUT2D eigenvalue weighted by Crippen LogP contribution is 2.18. The zero-order valence-electron chi connectivity index (χ0n) is 12.7. The van der Waals surface area contributed by atoms with Crippen molar-refractivity contribution in [2.24, 2.45) is 0 Å². The third kappa shape index (κ3) is 4.66. The Morgan fingerprint density at radius 1 is 1.26 bits per heavy atom. The molecule has 0 radical (unpaired) electrons. The molecule has 0 unspecified atom stereocenters. The highest BCUT2D eigenvalue weighted by molar-refractivity contribution is 7.92. The zero-order valence-corrected chi connectivity index (χ0v) is 13.5. The lowest BCUT2D eigenvalue weighted by Gasteiger charge is -2.13. The van der Waals surface area contributed by atoms with E-state index in [0.717, 1.165) is 17.9 Å². The van der Waals surface area contributed by atoms with Crippen LogP contribution in [0.2, 0.25) is 0 Å². The van der Waals surface area contributed by atoms with Crippen LogP contribution in [0.15, 0.2) is 52.0 Å². The van der Waals surface area contributed by atoms with Crippen LogP contribution in [0.3, 0.4) is 0 Å². The number of hydrogen-bond acceptors (Lipinski definition) is 4. The van der Waals surface area contributed by atoms with Gasteiger partial charge in [0.1, 0.15) is 11.6 Å². The van der Waals surface area contributed by atoms with Crippen molar-refractivity contribution in [1.82, 2.24) is 5.32 Å². The third-order valence-electron chi connectivity index (χ3n) is 3.42. The van der Waals surface area contributed by atoms with Gasteiger partial charge in [0.2, 0.25) is 5.91 Å². The maximum absolute atomic E-state index is 12.9. The van der Waals surface area contributed by atoms with Crippen molar-refractivity contribution in [2.45, 2.75) is 29.9 Å². The van der Waals surface area contributed by atoms with Gasteiger partial charge in [0, 0.05) is 19.4 Å². The fourth-order valence-corrected chi connectivity index (χ4v) is 3.43. The fourth-order valence-electron chi connectivity index (χ4n) is 2.08. The van der Waals surface area contributed by atoms with Crippen LogP contribution in [0, 0.1) is 5.82 Å². The predicted octanol–water partition coefficient (Wildman–Crippen LogP) is 2.33. The second-order valence-electron chi connectivity index (χ2n) is 5.19. The molecule has 5 nitrogen and oxygen atoms in total. The summed E-state index contributed by atoms with van der Waals surface area (Å²) in [4.78, 5) is 11.9. The van der Waals surface area contributed by atoms with Gasteiger partial charge < -0.3 is 9.73 Å². The Labute approximate surface area is 134 Å². The molecule has 1 aromatic carbocycles. The summed E-state index contributed by atoms with van der Waals surface area (Å²) in [6, 6.07) is 8.14. The maximum atomic E-state index is 12.9. The molecule has 1 aromatic heterocycles. The van der Waals surface area contributed by atoms with Crippen molar-refractivity contribution in [3.05, 3.63) is 54.2 Å². The molecule has 0 aliphatic carbocycles. The Hall–Kier alpha value is -2.15. The van der Waals surface area contributed by atoms with Crippen LogP contribution in [-0.2, 0) is 21.1 Å². The van der Waals surface area contributed by atoms with E-state index in [9.17, 15) is 17.6 Å². The van der Waals surface area contributed by atoms with Crippen molar-refractivity contribution < 1.29 is 22.0 Å². The number of furan rings is 1. The predicted molar refractivity (Wildman–Crippen MR) is 83.1 cm³/mol. The third-order valence-corrected chi connectivity index (χ3v) is 5.57. The van der Waals surface area contributed by atoms with Gasteiger partial charge >= 0.3 is 0 Å². The van der Waals surface area contributed by atoms with E-state index in [-0.39, 0.29) is 17.2 Å². The standard InChI is InChI=1S/C16H18FNO4S/c1-12(23(20,21)15-6-4-13(17)5-7-15)11-16(19)18-9-8-14-3-2-10-22-14/h2-7,10,12H,8-9,11H2,1H3,(H,18,19)/t12-/m0/s1. The van der Waals surface area contributed by atoms with Crippen molar-refractivity contribution in [2.75, 3.05) is 6.54 Å². The molecule has 0 saturated heterocycles. The Morgan fingerprint density at radius 3 is 2.57 bits per heavy atom. The first-order valence-electron chi connectivity index (χ1n) is 7.18. The molecule has 0 saturated carbocycles. The van der Waals surface area contributed by atoms with Gasteiger partial charge in [0.05, 0.1) is 16.4 Å². The number of nitrogens with one attached hydrogen (secondary N) is 1. The van der Waals surface area contributed by atoms with Crippen molar-refractivity contribution >= 4 is 15.7 Å². The lowest BCUT2D eigenvalue weighted by molar-refractivity contribution is -0.121.